The van der Waals surface area contributed by atoms with Gasteiger partial charge in [0.2, 0.25) is 0 Å². The third-order valence-electron chi connectivity index (χ3n) is 3.55. The Labute approximate surface area is 114 Å². The van der Waals surface area contributed by atoms with Crippen LogP contribution in [0.25, 0.3) is 0 Å². The number of hydrogen-bond donors (Lipinski definition) is 0. The van der Waals surface area contributed by atoms with E-state index in [0.29, 0.717) is 6.61 Å². The molecule has 1 atom stereocenters. The lowest BCUT2D eigenvalue weighted by molar-refractivity contribution is -0.148. The minimum Gasteiger partial charge on any atom is -0.465 e. The smallest absolute Gasteiger partial charge is 0.323 e. The number of nitrogens with zero attached hydrogens (tertiary/aromatic N) is 3. The zero-order valence-corrected chi connectivity index (χ0v) is 11.8. The zero-order chi connectivity index (χ0) is 13.7. The summed E-state index contributed by atoms with van der Waals surface area (Å²) in [6.07, 6.45) is 6.82. The first kappa shape index (κ1) is 14.1. The van der Waals surface area contributed by atoms with Crippen LogP contribution in [0.4, 0.5) is 0 Å². The zero-order valence-electron chi connectivity index (χ0n) is 11.8. The Hall–Kier alpha value is -1.36. The number of hydrogen-bond acceptors (Lipinski definition) is 4. The maximum Gasteiger partial charge on any atom is 0.323 e. The first-order valence-electron chi connectivity index (χ1n) is 7.16. The third-order valence-corrected chi connectivity index (χ3v) is 3.55. The Balaban J connectivity index is 2.00. The van der Waals surface area contributed by atoms with Crippen molar-refractivity contribution in [3.05, 3.63) is 18.2 Å². The van der Waals surface area contributed by atoms with Crippen LogP contribution >= 0.6 is 0 Å². The molecule has 1 aromatic rings. The van der Waals surface area contributed by atoms with E-state index in [1.54, 1.807) is 0 Å². The summed E-state index contributed by atoms with van der Waals surface area (Å²) in [5, 5.41) is 0. The number of aryl methyl sites for hydroxylation is 1. The lowest BCUT2D eigenvalue weighted by atomic mass is 10.2. The predicted octanol–water partition coefficient (Wildman–Crippen LogP) is 1.82. The molecular formula is C14H23N3O2. The average Bonchev–Trinajstić information content (AvgIpc) is 3.01. The summed E-state index contributed by atoms with van der Waals surface area (Å²) in [6, 6.07) is -0.0788. The number of carbonyl (C=O) groups excluding carboxylic acids is 1. The molecule has 0 amide bonds. The van der Waals surface area contributed by atoms with E-state index in [9.17, 15) is 4.79 Å². The van der Waals surface area contributed by atoms with Crippen LogP contribution < -0.4 is 0 Å². The van der Waals surface area contributed by atoms with Gasteiger partial charge in [-0.25, -0.2) is 4.98 Å². The molecule has 0 aliphatic carbocycles. The number of aromatic nitrogens is 2. The van der Waals surface area contributed by atoms with Crippen LogP contribution in [0.1, 0.15) is 38.8 Å². The van der Waals surface area contributed by atoms with E-state index in [0.717, 1.165) is 38.9 Å². The van der Waals surface area contributed by atoms with Crippen molar-refractivity contribution in [2.24, 2.45) is 0 Å². The molecule has 1 saturated heterocycles. The van der Waals surface area contributed by atoms with E-state index >= 15 is 0 Å². The number of likely N-dealkylation sites (tertiary alicyclic amines) is 1. The highest BCUT2D eigenvalue weighted by Crippen LogP contribution is 2.21. The molecule has 1 fully saturated rings. The fourth-order valence-corrected chi connectivity index (χ4v) is 2.65. The molecule has 0 radical (unpaired) electrons. The highest BCUT2D eigenvalue weighted by Gasteiger charge is 2.32. The van der Waals surface area contributed by atoms with Gasteiger partial charge in [-0.1, -0.05) is 6.92 Å². The maximum absolute atomic E-state index is 11.9. The molecule has 2 heterocycles. The molecule has 2 rings (SSSR count). The summed E-state index contributed by atoms with van der Waals surface area (Å²) in [7, 11) is 0. The Bertz CT molecular complexity index is 417. The van der Waals surface area contributed by atoms with Crippen molar-refractivity contribution in [1.29, 1.82) is 0 Å². The minimum absolute atomic E-state index is 0.0788. The maximum atomic E-state index is 11.9. The molecule has 1 aliphatic heterocycles. The second-order valence-electron chi connectivity index (χ2n) is 4.96. The van der Waals surface area contributed by atoms with Gasteiger partial charge in [-0.2, -0.15) is 0 Å². The quantitative estimate of drug-likeness (QED) is 0.736. The lowest BCUT2D eigenvalue weighted by Crippen LogP contribution is -2.37. The number of esters is 1. The van der Waals surface area contributed by atoms with Crippen molar-refractivity contribution in [2.75, 3.05) is 13.2 Å². The van der Waals surface area contributed by atoms with Gasteiger partial charge < -0.3 is 9.30 Å². The van der Waals surface area contributed by atoms with E-state index in [1.165, 1.54) is 5.69 Å². The van der Waals surface area contributed by atoms with Gasteiger partial charge in [-0.05, 0) is 32.7 Å². The summed E-state index contributed by atoms with van der Waals surface area (Å²) in [5.41, 5.74) is 1.18. The lowest BCUT2D eigenvalue weighted by Gasteiger charge is -2.23. The van der Waals surface area contributed by atoms with Gasteiger partial charge in [-0.15, -0.1) is 0 Å². The van der Waals surface area contributed by atoms with E-state index in [1.807, 2.05) is 19.4 Å². The van der Waals surface area contributed by atoms with Crippen LogP contribution in [-0.2, 0) is 22.6 Å². The molecule has 0 spiro atoms. The topological polar surface area (TPSA) is 47.4 Å². The van der Waals surface area contributed by atoms with Gasteiger partial charge in [0, 0.05) is 19.3 Å². The van der Waals surface area contributed by atoms with Crippen LogP contribution in [0.3, 0.4) is 0 Å². The molecule has 1 aromatic heterocycles. The van der Waals surface area contributed by atoms with Gasteiger partial charge in [0.15, 0.2) is 0 Å². The standard InChI is InChI=1S/C14H23N3O2/c1-3-7-17-11-15-9-12(17)10-16-8-5-6-13(16)14(18)19-4-2/h9,11,13H,3-8,10H2,1-2H3. The number of rotatable bonds is 6. The van der Waals surface area contributed by atoms with E-state index in [2.05, 4.69) is 21.4 Å². The van der Waals surface area contributed by atoms with E-state index in [4.69, 9.17) is 4.74 Å². The molecule has 0 bridgehead atoms. The molecule has 0 saturated carbocycles. The fraction of sp³-hybridized carbons (Fsp3) is 0.714. The third kappa shape index (κ3) is 3.35. The average molecular weight is 265 g/mol. The van der Waals surface area contributed by atoms with E-state index < -0.39 is 0 Å². The fourth-order valence-electron chi connectivity index (χ4n) is 2.65. The van der Waals surface area contributed by atoms with E-state index in [-0.39, 0.29) is 12.0 Å². The first-order chi connectivity index (χ1) is 9.26. The molecule has 0 N–H and O–H groups in total. The van der Waals surface area contributed by atoms with Crippen molar-refractivity contribution in [3.63, 3.8) is 0 Å². The Morgan fingerprint density at radius 2 is 2.37 bits per heavy atom. The van der Waals surface area contributed by atoms with Crippen molar-refractivity contribution < 1.29 is 9.53 Å². The number of carbonyl (C=O) groups is 1. The van der Waals surface area contributed by atoms with Crippen LogP contribution in [0.2, 0.25) is 0 Å². The van der Waals surface area contributed by atoms with Crippen LogP contribution in [0.5, 0.6) is 0 Å². The molecule has 5 nitrogen and oxygen atoms in total. The molecular weight excluding hydrogens is 242 g/mol. The van der Waals surface area contributed by atoms with Crippen molar-refractivity contribution in [1.82, 2.24) is 14.5 Å². The van der Waals surface area contributed by atoms with Crippen molar-refractivity contribution >= 4 is 5.97 Å². The second kappa shape index (κ2) is 6.70. The SMILES string of the molecule is CCCn1cncc1CN1CCCC1C(=O)OCC. The van der Waals surface area contributed by atoms with Gasteiger partial charge in [0.1, 0.15) is 6.04 Å². The Morgan fingerprint density at radius 1 is 1.53 bits per heavy atom. The van der Waals surface area contributed by atoms with Gasteiger partial charge in [0.25, 0.3) is 0 Å². The molecule has 5 heteroatoms. The summed E-state index contributed by atoms with van der Waals surface area (Å²) in [6.45, 7) is 7.18. The van der Waals surface area contributed by atoms with Gasteiger partial charge >= 0.3 is 5.97 Å². The molecule has 0 aromatic carbocycles. The molecule has 106 valence electrons. The van der Waals surface area contributed by atoms with Crippen LogP contribution in [-0.4, -0.2) is 39.6 Å². The monoisotopic (exact) mass is 265 g/mol. The minimum atomic E-state index is -0.0819. The highest BCUT2D eigenvalue weighted by atomic mass is 16.5. The molecule has 19 heavy (non-hydrogen) atoms. The van der Waals surface area contributed by atoms with Crippen LogP contribution in [0.15, 0.2) is 12.5 Å². The van der Waals surface area contributed by atoms with Crippen molar-refractivity contribution in [3.8, 4) is 0 Å². The summed E-state index contributed by atoms with van der Waals surface area (Å²) in [4.78, 5) is 18.3. The summed E-state index contributed by atoms with van der Waals surface area (Å²) in [5.74, 6) is -0.0819. The largest absolute Gasteiger partial charge is 0.465 e. The first-order valence-corrected chi connectivity index (χ1v) is 7.16. The Kier molecular flexibility index (Phi) is 4.96. The van der Waals surface area contributed by atoms with Crippen molar-refractivity contribution in [2.45, 2.75) is 52.2 Å². The molecule has 1 unspecified atom stereocenters. The van der Waals surface area contributed by atoms with Gasteiger partial charge in [-0.3, -0.25) is 9.69 Å². The highest BCUT2D eigenvalue weighted by molar-refractivity contribution is 5.76. The predicted molar refractivity (Wildman–Crippen MR) is 72.6 cm³/mol. The normalized spacial score (nSPS) is 19.8. The summed E-state index contributed by atoms with van der Waals surface area (Å²) >= 11 is 0. The number of ether oxygens (including phenoxy) is 1. The second-order valence-corrected chi connectivity index (χ2v) is 4.96. The number of imidazole rings is 1. The summed E-state index contributed by atoms with van der Waals surface area (Å²) < 4.78 is 7.32. The van der Waals surface area contributed by atoms with Gasteiger partial charge in [0.05, 0.1) is 18.6 Å². The van der Waals surface area contributed by atoms with Crippen LogP contribution in [0, 0.1) is 0 Å². The molecule has 1 aliphatic rings. The Morgan fingerprint density at radius 3 is 3.11 bits per heavy atom.